The lowest BCUT2D eigenvalue weighted by Gasteiger charge is -2.20. The Labute approximate surface area is 130 Å². The summed E-state index contributed by atoms with van der Waals surface area (Å²) in [5.74, 6) is 0.0519. The number of nitrogens with zero attached hydrogens (tertiary/aromatic N) is 1. The smallest absolute Gasteiger partial charge is 0.222 e. The van der Waals surface area contributed by atoms with Gasteiger partial charge in [-0.25, -0.2) is 0 Å². The highest BCUT2D eigenvalue weighted by Gasteiger charge is 2.11. The lowest BCUT2D eigenvalue weighted by molar-refractivity contribution is -0.132. The topological polar surface area (TPSA) is 95.8 Å². The number of aliphatic hydroxyl groups is 2. The molecule has 0 saturated heterocycles. The van der Waals surface area contributed by atoms with Crippen LogP contribution in [0.3, 0.4) is 0 Å². The number of amides is 1. The van der Waals surface area contributed by atoms with Crippen molar-refractivity contribution in [3.63, 3.8) is 0 Å². The Morgan fingerprint density at radius 3 is 1.67 bits per heavy atom. The first-order chi connectivity index (χ1) is 9.76. The van der Waals surface area contributed by atoms with Gasteiger partial charge in [0.15, 0.2) is 0 Å². The van der Waals surface area contributed by atoms with Crippen LogP contribution in [-0.4, -0.2) is 47.3 Å². The van der Waals surface area contributed by atoms with Crippen molar-refractivity contribution in [3.8, 4) is 0 Å². The van der Waals surface area contributed by atoms with Gasteiger partial charge in [0, 0.05) is 19.5 Å². The summed E-state index contributed by atoms with van der Waals surface area (Å²) in [5.41, 5.74) is 0. The van der Waals surface area contributed by atoms with Gasteiger partial charge in [0.25, 0.3) is 0 Å². The van der Waals surface area contributed by atoms with E-state index in [1.54, 1.807) is 4.90 Å². The first kappa shape index (κ1) is 22.6. The highest BCUT2D eigenvalue weighted by molar-refractivity contribution is 5.76. The second kappa shape index (κ2) is 17.4. The molecule has 0 radical (unpaired) electrons. The molecule has 5 N–H and O–H groups in total. The molecule has 0 aromatic heterocycles. The number of hydrogen-bond donors (Lipinski definition) is 3. The van der Waals surface area contributed by atoms with E-state index in [0.717, 1.165) is 12.8 Å². The molecular formula is C16H36N2O3. The van der Waals surface area contributed by atoms with Gasteiger partial charge in [-0.3, -0.25) is 4.79 Å². The molecule has 5 nitrogen and oxygen atoms in total. The maximum absolute atomic E-state index is 11.8. The standard InChI is InChI=1S/C16H33NO3.H3N/c1-2-3-4-5-6-7-8-9-10-11-16(20)17(12-14-18)13-15-19;/h18-19H,2-15H2,1H3;1H3. The fourth-order valence-corrected chi connectivity index (χ4v) is 2.35. The minimum absolute atomic E-state index is 0. The van der Waals surface area contributed by atoms with Crippen LogP contribution in [0.4, 0.5) is 0 Å². The van der Waals surface area contributed by atoms with Crippen molar-refractivity contribution in [2.24, 2.45) is 0 Å². The van der Waals surface area contributed by atoms with Crippen LogP contribution in [0.15, 0.2) is 0 Å². The predicted octanol–water partition coefficient (Wildman–Crippen LogP) is 2.88. The van der Waals surface area contributed by atoms with E-state index in [-0.39, 0.29) is 25.3 Å². The Bertz CT molecular complexity index is 220. The van der Waals surface area contributed by atoms with E-state index in [9.17, 15) is 4.79 Å². The van der Waals surface area contributed by atoms with E-state index < -0.39 is 0 Å². The lowest BCUT2D eigenvalue weighted by atomic mass is 10.1. The number of carbonyl (C=O) groups is 1. The van der Waals surface area contributed by atoms with Crippen LogP contribution in [0.5, 0.6) is 0 Å². The van der Waals surface area contributed by atoms with Gasteiger partial charge < -0.3 is 21.3 Å². The number of carbonyl (C=O) groups excluding carboxylic acids is 1. The minimum Gasteiger partial charge on any atom is -0.395 e. The summed E-state index contributed by atoms with van der Waals surface area (Å²) in [4.78, 5) is 13.4. The monoisotopic (exact) mass is 304 g/mol. The average Bonchev–Trinajstić information content (AvgIpc) is 2.45. The van der Waals surface area contributed by atoms with Crippen molar-refractivity contribution in [2.75, 3.05) is 26.3 Å². The first-order valence-electron chi connectivity index (χ1n) is 8.25. The van der Waals surface area contributed by atoms with Crippen LogP contribution in [0.1, 0.15) is 71.1 Å². The molecule has 0 atom stereocenters. The third-order valence-corrected chi connectivity index (χ3v) is 3.59. The fourth-order valence-electron chi connectivity index (χ4n) is 2.35. The summed E-state index contributed by atoms with van der Waals surface area (Å²) in [6, 6.07) is 0. The Hall–Kier alpha value is -0.650. The molecule has 0 aliphatic rings. The average molecular weight is 304 g/mol. The van der Waals surface area contributed by atoms with Crippen molar-refractivity contribution in [3.05, 3.63) is 0 Å². The molecule has 0 heterocycles. The first-order valence-corrected chi connectivity index (χ1v) is 8.25. The van der Waals surface area contributed by atoms with Gasteiger partial charge in [-0.15, -0.1) is 0 Å². The number of unbranched alkanes of at least 4 members (excludes halogenated alkanes) is 8. The van der Waals surface area contributed by atoms with Gasteiger partial charge in [0.1, 0.15) is 0 Å². The Morgan fingerprint density at radius 2 is 1.24 bits per heavy atom. The molecule has 0 aliphatic carbocycles. The molecule has 0 fully saturated rings. The molecule has 0 rings (SSSR count). The van der Waals surface area contributed by atoms with E-state index in [0.29, 0.717) is 19.5 Å². The zero-order valence-electron chi connectivity index (χ0n) is 13.9. The minimum atomic E-state index is -0.0382. The molecule has 0 aliphatic heterocycles. The number of hydrogen-bond acceptors (Lipinski definition) is 4. The summed E-state index contributed by atoms with van der Waals surface area (Å²) in [7, 11) is 0. The van der Waals surface area contributed by atoms with Crippen LogP contribution in [0, 0.1) is 0 Å². The van der Waals surface area contributed by atoms with Crippen molar-refractivity contribution in [1.82, 2.24) is 11.1 Å². The zero-order chi connectivity index (χ0) is 15.1. The van der Waals surface area contributed by atoms with E-state index in [1.807, 2.05) is 0 Å². The number of aliphatic hydroxyl groups excluding tert-OH is 2. The second-order valence-electron chi connectivity index (χ2n) is 5.41. The van der Waals surface area contributed by atoms with Crippen LogP contribution < -0.4 is 6.15 Å². The van der Waals surface area contributed by atoms with Gasteiger partial charge >= 0.3 is 0 Å². The molecule has 128 valence electrons. The molecule has 0 aromatic rings. The highest BCUT2D eigenvalue weighted by atomic mass is 16.3. The van der Waals surface area contributed by atoms with E-state index in [4.69, 9.17) is 10.2 Å². The second-order valence-corrected chi connectivity index (χ2v) is 5.41. The number of rotatable bonds is 14. The highest BCUT2D eigenvalue weighted by Crippen LogP contribution is 2.11. The summed E-state index contributed by atoms with van der Waals surface area (Å²) < 4.78 is 0. The van der Waals surface area contributed by atoms with Gasteiger partial charge in [0.05, 0.1) is 13.2 Å². The normalized spacial score (nSPS) is 10.2. The van der Waals surface area contributed by atoms with Crippen LogP contribution in [-0.2, 0) is 4.79 Å². The van der Waals surface area contributed by atoms with Crippen LogP contribution >= 0.6 is 0 Å². The maximum Gasteiger partial charge on any atom is 0.222 e. The Kier molecular flexibility index (Phi) is 18.8. The van der Waals surface area contributed by atoms with E-state index >= 15 is 0 Å². The summed E-state index contributed by atoms with van der Waals surface area (Å²) >= 11 is 0. The largest absolute Gasteiger partial charge is 0.395 e. The third kappa shape index (κ3) is 14.1. The molecule has 0 unspecified atom stereocenters. The molecule has 0 aromatic carbocycles. The van der Waals surface area contributed by atoms with Gasteiger partial charge in [-0.2, -0.15) is 0 Å². The predicted molar refractivity (Wildman–Crippen MR) is 87.6 cm³/mol. The summed E-state index contributed by atoms with van der Waals surface area (Å²) in [6.07, 6.45) is 11.7. The third-order valence-electron chi connectivity index (χ3n) is 3.59. The molecular weight excluding hydrogens is 268 g/mol. The summed E-state index contributed by atoms with van der Waals surface area (Å²) in [6.45, 7) is 2.81. The van der Waals surface area contributed by atoms with Crippen molar-refractivity contribution in [1.29, 1.82) is 0 Å². The molecule has 0 bridgehead atoms. The van der Waals surface area contributed by atoms with Crippen molar-refractivity contribution in [2.45, 2.75) is 71.1 Å². The van der Waals surface area contributed by atoms with Crippen LogP contribution in [0.25, 0.3) is 0 Å². The quantitative estimate of drug-likeness (QED) is 0.430. The van der Waals surface area contributed by atoms with Gasteiger partial charge in [0.2, 0.25) is 5.91 Å². The SMILES string of the molecule is CCCCCCCCCCCC(=O)N(CCO)CCO.N. The fraction of sp³-hybridized carbons (Fsp3) is 0.938. The Balaban J connectivity index is 0. The lowest BCUT2D eigenvalue weighted by Crippen LogP contribution is -2.35. The van der Waals surface area contributed by atoms with Gasteiger partial charge in [-0.05, 0) is 6.42 Å². The van der Waals surface area contributed by atoms with E-state index in [2.05, 4.69) is 6.92 Å². The molecule has 0 saturated carbocycles. The van der Waals surface area contributed by atoms with Crippen LogP contribution in [0.2, 0.25) is 0 Å². The molecule has 21 heavy (non-hydrogen) atoms. The molecule has 1 amide bonds. The van der Waals surface area contributed by atoms with E-state index in [1.165, 1.54) is 44.9 Å². The molecule has 5 heteroatoms. The van der Waals surface area contributed by atoms with Crippen molar-refractivity contribution >= 4 is 5.91 Å². The van der Waals surface area contributed by atoms with Gasteiger partial charge in [-0.1, -0.05) is 58.3 Å². The maximum atomic E-state index is 11.8. The Morgan fingerprint density at radius 1 is 0.810 bits per heavy atom. The van der Waals surface area contributed by atoms with Crippen molar-refractivity contribution < 1.29 is 15.0 Å². The zero-order valence-corrected chi connectivity index (χ0v) is 13.9. The molecule has 0 spiro atoms. The summed E-state index contributed by atoms with van der Waals surface area (Å²) in [5, 5.41) is 17.7.